The van der Waals surface area contributed by atoms with Gasteiger partial charge in [-0.15, -0.1) is 11.3 Å². The van der Waals surface area contributed by atoms with Crippen molar-refractivity contribution in [3.8, 4) is 0 Å². The second-order valence-electron chi connectivity index (χ2n) is 13.8. The Hall–Kier alpha value is -3.21. The molecule has 0 spiro atoms. The first-order valence-electron chi connectivity index (χ1n) is 15.3. The molecular formula is C34H50N4O4SSi. The Morgan fingerprint density at radius 3 is 2.18 bits per heavy atom. The Labute approximate surface area is 268 Å². The van der Waals surface area contributed by atoms with Crippen LogP contribution in [-0.2, 0) is 26.8 Å². The zero-order chi connectivity index (χ0) is 32.7. The maximum Gasteiger partial charge on any atom is 0.410 e. The third kappa shape index (κ3) is 10.5. The molecule has 3 aromatic rings. The molecule has 1 heterocycles. The number of rotatable bonds is 12. The Morgan fingerprint density at radius 1 is 1.02 bits per heavy atom. The molecule has 0 fully saturated rings. The van der Waals surface area contributed by atoms with Crippen LogP contribution < -0.4 is 11.1 Å². The molecule has 2 unspecified atom stereocenters. The number of ether oxygens (including phenoxy) is 1. The average Bonchev–Trinajstić information content (AvgIpc) is 3.33. The van der Waals surface area contributed by atoms with E-state index in [9.17, 15) is 9.59 Å². The first-order valence-corrected chi connectivity index (χ1v) is 19.1. The number of nitrogen functional groups attached to an aromatic ring is 1. The number of nitrogens with zero attached hydrogens (tertiary/aromatic N) is 2. The molecule has 0 bridgehead atoms. The van der Waals surface area contributed by atoms with Gasteiger partial charge in [0.2, 0.25) is 5.91 Å². The Kier molecular flexibility index (Phi) is 11.8. The topological polar surface area (TPSA) is 107 Å². The van der Waals surface area contributed by atoms with Gasteiger partial charge >= 0.3 is 6.09 Å². The number of carbonyl (C=O) groups excluding carboxylic acids is 2. The molecule has 44 heavy (non-hydrogen) atoms. The lowest BCUT2D eigenvalue weighted by Crippen LogP contribution is -2.49. The molecule has 0 saturated heterocycles. The number of hydrogen-bond donors (Lipinski definition) is 2. The van der Waals surface area contributed by atoms with Gasteiger partial charge in [-0.25, -0.2) is 9.78 Å². The summed E-state index contributed by atoms with van der Waals surface area (Å²) in [4.78, 5) is 32.3. The van der Waals surface area contributed by atoms with Crippen molar-refractivity contribution in [2.75, 3.05) is 17.6 Å². The summed E-state index contributed by atoms with van der Waals surface area (Å²) >= 11 is 1.32. The summed E-state index contributed by atoms with van der Waals surface area (Å²) in [5.74, 6) is -0.153. The molecule has 2 atom stereocenters. The number of benzene rings is 2. The number of nitrogens with two attached hydrogens (primary N) is 1. The van der Waals surface area contributed by atoms with E-state index in [0.29, 0.717) is 29.5 Å². The van der Waals surface area contributed by atoms with Crippen LogP contribution >= 0.6 is 11.3 Å². The molecule has 0 aliphatic rings. The van der Waals surface area contributed by atoms with E-state index in [1.165, 1.54) is 11.3 Å². The van der Waals surface area contributed by atoms with Crippen LogP contribution in [0.2, 0.25) is 18.1 Å². The molecular weight excluding hydrogens is 589 g/mol. The monoisotopic (exact) mass is 638 g/mol. The number of carbonyl (C=O) groups is 2. The molecule has 240 valence electrons. The van der Waals surface area contributed by atoms with E-state index in [1.807, 2.05) is 68.1 Å². The van der Waals surface area contributed by atoms with Crippen molar-refractivity contribution in [2.45, 2.75) is 104 Å². The summed E-state index contributed by atoms with van der Waals surface area (Å²) in [6.45, 7) is 19.3. The van der Waals surface area contributed by atoms with Gasteiger partial charge in [-0.1, -0.05) is 70.2 Å². The number of anilines is 2. The number of nitrogens with one attached hydrogen (secondary N) is 1. The van der Waals surface area contributed by atoms with E-state index in [0.717, 1.165) is 17.5 Å². The van der Waals surface area contributed by atoms with Crippen LogP contribution in [0.3, 0.4) is 0 Å². The quantitative estimate of drug-likeness (QED) is 0.194. The lowest BCUT2D eigenvalue weighted by atomic mass is 10.0. The highest BCUT2D eigenvalue weighted by molar-refractivity contribution is 7.13. The lowest BCUT2D eigenvalue weighted by Gasteiger charge is -2.42. The fourth-order valence-electron chi connectivity index (χ4n) is 4.53. The Morgan fingerprint density at radius 2 is 1.66 bits per heavy atom. The van der Waals surface area contributed by atoms with E-state index in [2.05, 4.69) is 63.2 Å². The van der Waals surface area contributed by atoms with Crippen molar-refractivity contribution in [3.05, 3.63) is 76.8 Å². The summed E-state index contributed by atoms with van der Waals surface area (Å²) in [7, 11) is -2.18. The second-order valence-corrected chi connectivity index (χ2v) is 19.4. The average molecular weight is 639 g/mol. The zero-order valence-corrected chi connectivity index (χ0v) is 29.6. The normalized spacial score (nSPS) is 13.7. The minimum absolute atomic E-state index is 0.00563. The summed E-state index contributed by atoms with van der Waals surface area (Å²) in [5, 5.41) is 5.17. The predicted octanol–water partition coefficient (Wildman–Crippen LogP) is 8.23. The van der Waals surface area contributed by atoms with Crippen molar-refractivity contribution in [1.82, 2.24) is 9.88 Å². The summed E-state index contributed by atoms with van der Waals surface area (Å²) < 4.78 is 12.9. The Bertz CT molecular complexity index is 1360. The zero-order valence-electron chi connectivity index (χ0n) is 27.8. The van der Waals surface area contributed by atoms with Crippen LogP contribution in [0.4, 0.5) is 15.6 Å². The van der Waals surface area contributed by atoms with Gasteiger partial charge in [-0.3, -0.25) is 4.79 Å². The maximum atomic E-state index is 13.8. The van der Waals surface area contributed by atoms with Crippen LogP contribution in [0, 0.1) is 0 Å². The van der Waals surface area contributed by atoms with Crippen molar-refractivity contribution >= 4 is 42.5 Å². The molecule has 2 aromatic carbocycles. The Balaban J connectivity index is 1.84. The molecule has 0 aliphatic carbocycles. The largest absolute Gasteiger partial charge is 0.444 e. The van der Waals surface area contributed by atoms with E-state index in [1.54, 1.807) is 5.38 Å². The van der Waals surface area contributed by atoms with E-state index in [4.69, 9.17) is 14.9 Å². The van der Waals surface area contributed by atoms with E-state index >= 15 is 0 Å². The molecule has 1 aromatic heterocycles. The van der Waals surface area contributed by atoms with Crippen LogP contribution in [0.1, 0.15) is 77.8 Å². The summed E-state index contributed by atoms with van der Waals surface area (Å²) in [5.41, 5.74) is 8.49. The van der Waals surface area contributed by atoms with Crippen LogP contribution in [-0.4, -0.2) is 48.4 Å². The van der Waals surface area contributed by atoms with Gasteiger partial charge in [0, 0.05) is 17.1 Å². The number of thiazole rings is 1. The number of hydrogen-bond acceptors (Lipinski definition) is 7. The van der Waals surface area contributed by atoms with Crippen LogP contribution in [0.25, 0.3) is 0 Å². The fourth-order valence-corrected chi connectivity index (χ4v) is 6.37. The van der Waals surface area contributed by atoms with Crippen molar-refractivity contribution < 1.29 is 18.8 Å². The fraction of sp³-hybridized carbons (Fsp3) is 0.500. The SMILES string of the molecule is CCC(Cc1ccc(NC(=O)Cc2csc(N)n2)cc1)N(CC(O[Si](C)(C)C(C)(C)C)c1ccccc1)C(=O)OC(C)(C)C. The van der Waals surface area contributed by atoms with E-state index in [-0.39, 0.29) is 35.6 Å². The van der Waals surface area contributed by atoms with Crippen molar-refractivity contribution in [1.29, 1.82) is 0 Å². The first-order chi connectivity index (χ1) is 20.5. The summed E-state index contributed by atoms with van der Waals surface area (Å²) in [6, 6.07) is 17.8. The molecule has 3 N–H and O–H groups in total. The smallest absolute Gasteiger partial charge is 0.410 e. The highest BCUT2D eigenvalue weighted by atomic mass is 32.1. The summed E-state index contributed by atoms with van der Waals surface area (Å²) in [6.07, 6.45) is 0.873. The minimum atomic E-state index is -2.18. The molecule has 8 nitrogen and oxygen atoms in total. The third-order valence-corrected chi connectivity index (χ3v) is 13.1. The van der Waals surface area contributed by atoms with E-state index < -0.39 is 13.9 Å². The molecule has 0 aliphatic heterocycles. The first kappa shape index (κ1) is 35.3. The van der Waals surface area contributed by atoms with Gasteiger partial charge in [0.25, 0.3) is 0 Å². The lowest BCUT2D eigenvalue weighted by molar-refractivity contribution is -0.115. The molecule has 2 amide bonds. The predicted molar refractivity (Wildman–Crippen MR) is 183 cm³/mol. The number of aromatic nitrogens is 1. The van der Waals surface area contributed by atoms with Crippen LogP contribution in [0.15, 0.2) is 60.0 Å². The molecule has 3 rings (SSSR count). The van der Waals surface area contributed by atoms with Gasteiger partial charge < -0.3 is 25.1 Å². The van der Waals surface area contributed by atoms with Gasteiger partial charge in [0.15, 0.2) is 13.4 Å². The van der Waals surface area contributed by atoms with Gasteiger partial charge in [0.05, 0.1) is 24.8 Å². The van der Waals surface area contributed by atoms with Crippen molar-refractivity contribution in [3.63, 3.8) is 0 Å². The highest BCUT2D eigenvalue weighted by Gasteiger charge is 2.41. The standard InChI is InChI=1S/C34H50N4O4SSi/c1-10-28(20-24-16-18-26(19-17-24)36-30(39)21-27-23-43-31(35)37-27)38(32(40)41-33(2,3)4)22-29(25-14-12-11-13-15-25)42-44(8,9)34(5,6)7/h11-19,23,28-29H,10,20-22H2,1-9H3,(H2,35,37)(H,36,39). The van der Waals surface area contributed by atoms with Gasteiger partial charge in [-0.2, -0.15) is 0 Å². The maximum absolute atomic E-state index is 13.8. The second kappa shape index (κ2) is 14.7. The molecule has 0 radical (unpaired) electrons. The van der Waals surface area contributed by atoms with Crippen molar-refractivity contribution in [2.24, 2.45) is 0 Å². The highest BCUT2D eigenvalue weighted by Crippen LogP contribution is 2.40. The molecule has 10 heteroatoms. The van der Waals surface area contributed by atoms with Crippen LogP contribution in [0.5, 0.6) is 0 Å². The van der Waals surface area contributed by atoms with Gasteiger partial charge in [-0.05, 0) is 75.0 Å². The van der Waals surface area contributed by atoms with Gasteiger partial charge in [0.1, 0.15) is 5.60 Å². The number of amides is 2. The minimum Gasteiger partial charge on any atom is -0.444 e. The third-order valence-electron chi connectivity index (χ3n) is 7.94. The molecule has 0 saturated carbocycles.